The van der Waals surface area contributed by atoms with Crippen LogP contribution in [0.3, 0.4) is 0 Å². The van der Waals surface area contributed by atoms with E-state index in [1.54, 1.807) is 24.3 Å². The van der Waals surface area contributed by atoms with Gasteiger partial charge in [0.1, 0.15) is 11.6 Å². The first-order chi connectivity index (χ1) is 11.1. The Kier molecular flexibility index (Phi) is 6.23. The van der Waals surface area contributed by atoms with Crippen LogP contribution >= 0.6 is 0 Å². The van der Waals surface area contributed by atoms with Gasteiger partial charge in [0.2, 0.25) is 5.91 Å². The first-order valence-electron chi connectivity index (χ1n) is 7.55. The highest BCUT2D eigenvalue weighted by Crippen LogP contribution is 2.08. The van der Waals surface area contributed by atoms with Crippen molar-refractivity contribution in [3.8, 4) is 0 Å². The summed E-state index contributed by atoms with van der Waals surface area (Å²) in [4.78, 5) is 13.9. The molecule has 2 rings (SSSR count). The predicted molar refractivity (Wildman–Crippen MR) is 85.6 cm³/mol. The summed E-state index contributed by atoms with van der Waals surface area (Å²) in [5.74, 6) is -0.811. The first-order valence-corrected chi connectivity index (χ1v) is 7.55. The number of halogens is 2. The Morgan fingerprint density at radius 1 is 1.13 bits per heavy atom. The van der Waals surface area contributed by atoms with Gasteiger partial charge < -0.3 is 5.32 Å². The van der Waals surface area contributed by atoms with Gasteiger partial charge in [0, 0.05) is 18.7 Å². The van der Waals surface area contributed by atoms with Crippen molar-refractivity contribution in [3.63, 3.8) is 0 Å². The van der Waals surface area contributed by atoms with Crippen molar-refractivity contribution in [3.05, 3.63) is 71.3 Å². The number of carbonyl (C=O) groups excluding carboxylic acids is 1. The first kappa shape index (κ1) is 17.1. The summed E-state index contributed by atoms with van der Waals surface area (Å²) in [7, 11) is 0. The minimum atomic E-state index is -0.333. The number of benzene rings is 2. The number of amides is 1. The third-order valence-electron chi connectivity index (χ3n) is 3.54. The quantitative estimate of drug-likeness (QED) is 0.851. The van der Waals surface area contributed by atoms with Crippen LogP contribution in [0.1, 0.15) is 18.1 Å². The van der Waals surface area contributed by atoms with Crippen molar-refractivity contribution in [1.29, 1.82) is 0 Å². The van der Waals surface area contributed by atoms with Crippen molar-refractivity contribution in [1.82, 2.24) is 10.2 Å². The van der Waals surface area contributed by atoms with Gasteiger partial charge in [-0.1, -0.05) is 37.3 Å². The number of hydrogen-bond donors (Lipinski definition) is 1. The van der Waals surface area contributed by atoms with Gasteiger partial charge in [0.05, 0.1) is 6.54 Å². The van der Waals surface area contributed by atoms with Gasteiger partial charge in [-0.3, -0.25) is 9.69 Å². The molecule has 2 aromatic rings. The van der Waals surface area contributed by atoms with Crippen LogP contribution in [0, 0.1) is 11.6 Å². The fraction of sp³-hybridized carbons (Fsp3) is 0.278. The molecule has 0 bridgehead atoms. The fourth-order valence-corrected chi connectivity index (χ4v) is 2.27. The van der Waals surface area contributed by atoms with E-state index in [1.807, 2.05) is 17.9 Å². The van der Waals surface area contributed by atoms with E-state index in [0.29, 0.717) is 18.7 Å². The fourth-order valence-electron chi connectivity index (χ4n) is 2.27. The van der Waals surface area contributed by atoms with E-state index in [0.717, 1.165) is 5.56 Å². The Morgan fingerprint density at radius 3 is 2.61 bits per heavy atom. The van der Waals surface area contributed by atoms with Crippen molar-refractivity contribution >= 4 is 5.91 Å². The Bertz CT molecular complexity index is 661. The lowest BCUT2D eigenvalue weighted by atomic mass is 10.2. The van der Waals surface area contributed by atoms with Crippen LogP contribution in [0.15, 0.2) is 48.5 Å². The molecule has 0 heterocycles. The zero-order valence-corrected chi connectivity index (χ0v) is 13.1. The lowest BCUT2D eigenvalue weighted by Crippen LogP contribution is -2.36. The van der Waals surface area contributed by atoms with Crippen LogP contribution in [-0.4, -0.2) is 23.9 Å². The summed E-state index contributed by atoms with van der Waals surface area (Å²) in [6, 6.07) is 12.7. The smallest absolute Gasteiger partial charge is 0.234 e. The second kappa shape index (κ2) is 8.39. The standard InChI is InChI=1S/C18H20F2N2O/c1-2-22(12-14-6-5-8-16(19)10-14)13-18(23)21-11-15-7-3-4-9-17(15)20/h3-10H,2,11-13H2,1H3,(H,21,23). The number of likely N-dealkylation sites (N-methyl/N-ethyl adjacent to an activating group) is 1. The lowest BCUT2D eigenvalue weighted by Gasteiger charge is -2.20. The van der Waals surface area contributed by atoms with E-state index >= 15 is 0 Å². The third-order valence-corrected chi connectivity index (χ3v) is 3.54. The highest BCUT2D eigenvalue weighted by molar-refractivity contribution is 5.78. The predicted octanol–water partition coefficient (Wildman–Crippen LogP) is 3.10. The molecular weight excluding hydrogens is 298 g/mol. The van der Waals surface area contributed by atoms with E-state index in [-0.39, 0.29) is 30.6 Å². The molecule has 0 aliphatic heterocycles. The molecule has 0 aliphatic carbocycles. The molecule has 1 amide bonds. The molecule has 0 aromatic heterocycles. The number of rotatable bonds is 7. The topological polar surface area (TPSA) is 32.3 Å². The monoisotopic (exact) mass is 318 g/mol. The van der Waals surface area contributed by atoms with Crippen LogP contribution in [0.25, 0.3) is 0 Å². The van der Waals surface area contributed by atoms with Gasteiger partial charge in [-0.25, -0.2) is 8.78 Å². The molecule has 0 unspecified atom stereocenters. The zero-order valence-electron chi connectivity index (χ0n) is 13.1. The third kappa shape index (κ3) is 5.45. The van der Waals surface area contributed by atoms with Crippen LogP contribution in [0.4, 0.5) is 8.78 Å². The molecule has 0 atom stereocenters. The van der Waals surface area contributed by atoms with Crippen LogP contribution in [0.5, 0.6) is 0 Å². The minimum absolute atomic E-state index is 0.156. The molecule has 2 aromatic carbocycles. The molecular formula is C18H20F2N2O. The largest absolute Gasteiger partial charge is 0.351 e. The Hall–Kier alpha value is -2.27. The Balaban J connectivity index is 1.86. The van der Waals surface area contributed by atoms with Crippen LogP contribution in [0.2, 0.25) is 0 Å². The molecule has 122 valence electrons. The van der Waals surface area contributed by atoms with E-state index < -0.39 is 0 Å². The molecule has 3 nitrogen and oxygen atoms in total. The molecule has 1 N–H and O–H groups in total. The molecule has 0 spiro atoms. The molecule has 0 radical (unpaired) electrons. The zero-order chi connectivity index (χ0) is 16.7. The van der Waals surface area contributed by atoms with Crippen molar-refractivity contribution in [2.45, 2.75) is 20.0 Å². The summed E-state index contributed by atoms with van der Waals surface area (Å²) in [6.45, 7) is 3.42. The number of carbonyl (C=O) groups is 1. The van der Waals surface area contributed by atoms with Gasteiger partial charge in [-0.2, -0.15) is 0 Å². The number of nitrogens with one attached hydrogen (secondary N) is 1. The summed E-state index contributed by atoms with van der Waals surface area (Å²) in [6.07, 6.45) is 0. The maximum atomic E-state index is 13.5. The Morgan fingerprint density at radius 2 is 1.91 bits per heavy atom. The van der Waals surface area contributed by atoms with Crippen LogP contribution in [-0.2, 0) is 17.9 Å². The molecule has 0 fully saturated rings. The van der Waals surface area contributed by atoms with Crippen molar-refractivity contribution < 1.29 is 13.6 Å². The molecule has 0 aliphatic rings. The Labute approximate surface area is 134 Å². The second-order valence-corrected chi connectivity index (χ2v) is 5.30. The molecule has 0 saturated heterocycles. The van der Waals surface area contributed by atoms with E-state index in [9.17, 15) is 13.6 Å². The van der Waals surface area contributed by atoms with Crippen molar-refractivity contribution in [2.75, 3.05) is 13.1 Å². The van der Waals surface area contributed by atoms with Crippen molar-refractivity contribution in [2.24, 2.45) is 0 Å². The molecule has 23 heavy (non-hydrogen) atoms. The summed E-state index contributed by atoms with van der Waals surface area (Å²) in [5, 5.41) is 2.71. The average Bonchev–Trinajstić information content (AvgIpc) is 2.53. The normalized spacial score (nSPS) is 10.8. The highest BCUT2D eigenvalue weighted by Gasteiger charge is 2.10. The maximum absolute atomic E-state index is 13.5. The van der Waals surface area contributed by atoms with E-state index in [2.05, 4.69) is 5.32 Å². The second-order valence-electron chi connectivity index (χ2n) is 5.30. The van der Waals surface area contributed by atoms with Gasteiger partial charge in [0.15, 0.2) is 0 Å². The summed E-state index contributed by atoms with van der Waals surface area (Å²) >= 11 is 0. The average molecular weight is 318 g/mol. The minimum Gasteiger partial charge on any atom is -0.351 e. The SMILES string of the molecule is CCN(CC(=O)NCc1ccccc1F)Cc1cccc(F)c1. The van der Waals surface area contributed by atoms with Gasteiger partial charge in [-0.15, -0.1) is 0 Å². The van der Waals surface area contributed by atoms with E-state index in [1.165, 1.54) is 18.2 Å². The summed E-state index contributed by atoms with van der Waals surface area (Å²) < 4.78 is 26.7. The summed E-state index contributed by atoms with van der Waals surface area (Å²) in [5.41, 5.74) is 1.27. The van der Waals surface area contributed by atoms with Gasteiger partial charge in [-0.05, 0) is 30.3 Å². The number of nitrogens with zero attached hydrogens (tertiary/aromatic N) is 1. The lowest BCUT2D eigenvalue weighted by molar-refractivity contribution is -0.122. The molecule has 5 heteroatoms. The maximum Gasteiger partial charge on any atom is 0.234 e. The van der Waals surface area contributed by atoms with Gasteiger partial charge in [0.25, 0.3) is 0 Å². The van der Waals surface area contributed by atoms with E-state index in [4.69, 9.17) is 0 Å². The van der Waals surface area contributed by atoms with Gasteiger partial charge >= 0.3 is 0 Å². The van der Waals surface area contributed by atoms with Crippen LogP contribution < -0.4 is 5.32 Å². The molecule has 0 saturated carbocycles. The highest BCUT2D eigenvalue weighted by atomic mass is 19.1. The number of hydrogen-bond acceptors (Lipinski definition) is 2.